The van der Waals surface area contributed by atoms with Gasteiger partial charge in [0.25, 0.3) is 5.88 Å². The van der Waals surface area contributed by atoms with E-state index < -0.39 is 59.0 Å². The molecule has 0 aliphatic carbocycles. The van der Waals surface area contributed by atoms with E-state index in [1.807, 2.05) is 0 Å². The third-order valence-corrected chi connectivity index (χ3v) is 5.64. The number of pyridine rings is 1. The van der Waals surface area contributed by atoms with E-state index in [1.54, 1.807) is 24.3 Å². The van der Waals surface area contributed by atoms with Crippen molar-refractivity contribution in [3.8, 4) is 17.4 Å². The number of para-hydroxylation sites is 1. The molecular formula is C24H19F5N2O5. The van der Waals surface area contributed by atoms with Gasteiger partial charge in [-0.3, -0.25) is 4.79 Å². The van der Waals surface area contributed by atoms with E-state index in [2.05, 4.69) is 15.0 Å². The number of hydrogen-bond donors (Lipinski definition) is 1. The normalized spacial score (nSPS) is 18.1. The number of halogens is 5. The minimum atomic E-state index is -5.27. The first-order chi connectivity index (χ1) is 17.1. The van der Waals surface area contributed by atoms with Crippen LogP contribution >= 0.6 is 0 Å². The number of carbonyl (C=O) groups is 2. The Hall–Kier alpha value is -3.80. The number of fused-ring (bicyclic) bond motifs is 1. The Kier molecular flexibility index (Phi) is 7.07. The molecule has 3 aromatic rings. The lowest BCUT2D eigenvalue weighted by atomic mass is 9.86. The first kappa shape index (κ1) is 25.3. The maximum atomic E-state index is 14.2. The van der Waals surface area contributed by atoms with Crippen molar-refractivity contribution in [2.24, 2.45) is 5.92 Å². The third-order valence-electron chi connectivity index (χ3n) is 5.64. The van der Waals surface area contributed by atoms with Crippen LogP contribution in [0.3, 0.4) is 0 Å². The van der Waals surface area contributed by atoms with Crippen molar-refractivity contribution in [2.45, 2.75) is 18.7 Å². The van der Waals surface area contributed by atoms with Gasteiger partial charge in [0, 0.05) is 11.9 Å². The number of nitrogens with zero attached hydrogens (tertiary/aromatic N) is 1. The molecule has 1 N–H and O–H groups in total. The van der Waals surface area contributed by atoms with Crippen molar-refractivity contribution in [3.63, 3.8) is 0 Å². The van der Waals surface area contributed by atoms with E-state index >= 15 is 0 Å². The van der Waals surface area contributed by atoms with Crippen LogP contribution < -0.4 is 19.5 Å². The highest BCUT2D eigenvalue weighted by Crippen LogP contribution is 2.35. The first-order valence-electron chi connectivity index (χ1n) is 10.7. The van der Waals surface area contributed by atoms with Gasteiger partial charge in [-0.15, -0.1) is 0 Å². The molecule has 1 aliphatic heterocycles. The number of esters is 1. The Balaban J connectivity index is 1.70. The van der Waals surface area contributed by atoms with Crippen LogP contribution in [0.25, 0.3) is 10.9 Å². The van der Waals surface area contributed by atoms with Crippen molar-refractivity contribution in [3.05, 3.63) is 59.7 Å². The van der Waals surface area contributed by atoms with Crippen molar-refractivity contribution < 1.29 is 45.8 Å². The summed E-state index contributed by atoms with van der Waals surface area (Å²) >= 11 is 0. The van der Waals surface area contributed by atoms with Crippen molar-refractivity contribution in [1.29, 1.82) is 0 Å². The minimum Gasteiger partial charge on any atom is -0.493 e. The van der Waals surface area contributed by atoms with Crippen LogP contribution in [-0.2, 0) is 4.79 Å². The van der Waals surface area contributed by atoms with Crippen LogP contribution in [0, 0.1) is 17.6 Å². The Labute approximate surface area is 201 Å². The second kappa shape index (κ2) is 10.1. The number of rotatable bonds is 6. The quantitative estimate of drug-likeness (QED) is 0.302. The summed E-state index contributed by atoms with van der Waals surface area (Å²) in [6.07, 6.45) is -6.06. The summed E-state index contributed by atoms with van der Waals surface area (Å²) in [4.78, 5) is 29.0. The molecule has 1 fully saturated rings. The lowest BCUT2D eigenvalue weighted by Crippen LogP contribution is -2.47. The lowest BCUT2D eigenvalue weighted by Gasteiger charge is -2.31. The molecule has 36 heavy (non-hydrogen) atoms. The minimum absolute atomic E-state index is 0.0730. The maximum absolute atomic E-state index is 14.2. The van der Waals surface area contributed by atoms with E-state index in [9.17, 15) is 31.5 Å². The van der Waals surface area contributed by atoms with Crippen LogP contribution in [0.2, 0.25) is 0 Å². The molecule has 1 saturated heterocycles. The van der Waals surface area contributed by atoms with E-state index in [-0.39, 0.29) is 18.5 Å². The fourth-order valence-corrected chi connectivity index (χ4v) is 3.92. The van der Waals surface area contributed by atoms with Gasteiger partial charge >= 0.3 is 12.1 Å². The molecule has 0 amide bonds. The molecule has 190 valence electrons. The van der Waals surface area contributed by atoms with Gasteiger partial charge in [-0.2, -0.15) is 17.6 Å². The molecule has 2 unspecified atom stereocenters. The predicted octanol–water partition coefficient (Wildman–Crippen LogP) is 4.23. The van der Waals surface area contributed by atoms with Crippen LogP contribution in [0.15, 0.2) is 42.5 Å². The maximum Gasteiger partial charge on any atom is 0.491 e. The number of benzene rings is 2. The number of aromatic nitrogens is 1. The molecule has 0 spiro atoms. The molecule has 1 aliphatic rings. The number of Topliss-reactive ketones (excluding diaryl/α,β-unsaturated/α-hetero) is 1. The van der Waals surface area contributed by atoms with Gasteiger partial charge in [0.1, 0.15) is 6.10 Å². The van der Waals surface area contributed by atoms with Crippen molar-refractivity contribution in [2.75, 3.05) is 20.2 Å². The topological polar surface area (TPSA) is 86.8 Å². The number of carbonyl (C=O) groups excluding carboxylic acids is 2. The highest BCUT2D eigenvalue weighted by atomic mass is 19.4. The van der Waals surface area contributed by atoms with Gasteiger partial charge in [0.2, 0.25) is 5.82 Å². The number of alkyl halides is 3. The number of ketones is 1. The summed E-state index contributed by atoms with van der Waals surface area (Å²) in [6.45, 7) is 0.451. The summed E-state index contributed by atoms with van der Waals surface area (Å²) in [5.41, 5.74) is 0.125. The average molecular weight is 510 g/mol. The monoisotopic (exact) mass is 510 g/mol. The molecule has 2 aromatic carbocycles. The number of methoxy groups -OCH3 is 1. The summed E-state index contributed by atoms with van der Waals surface area (Å²) < 4.78 is 81.7. The average Bonchev–Trinajstić information content (AvgIpc) is 2.85. The summed E-state index contributed by atoms with van der Waals surface area (Å²) in [5, 5.41) is 3.39. The Bertz CT molecular complexity index is 1310. The Morgan fingerprint density at radius 3 is 2.58 bits per heavy atom. The Morgan fingerprint density at radius 2 is 1.86 bits per heavy atom. The standard InChI is InChI=1S/C24H19F5N2O5/c1-34-21-14(6-7-15(25)19(21)26)20(32)13-8-9-30-11-18(13)35-22-17(36-23(33)24(27,28)29)10-12-4-2-3-5-16(12)31-22/h2-7,10,13,18,30H,8-9,11H2,1H3. The smallest absolute Gasteiger partial charge is 0.491 e. The molecule has 0 bridgehead atoms. The molecule has 12 heteroatoms. The van der Waals surface area contributed by atoms with Crippen LogP contribution in [0.1, 0.15) is 16.8 Å². The SMILES string of the molecule is COc1c(C(=O)C2CCNCC2Oc2nc3ccccc3cc2OC(=O)C(F)(F)F)ccc(F)c1F. The highest BCUT2D eigenvalue weighted by Gasteiger charge is 2.42. The number of nitrogens with one attached hydrogen (secondary N) is 1. The van der Waals surface area contributed by atoms with Crippen LogP contribution in [0.5, 0.6) is 17.4 Å². The first-order valence-corrected chi connectivity index (χ1v) is 10.7. The number of piperidine rings is 1. The second-order valence-electron chi connectivity index (χ2n) is 7.93. The van der Waals surface area contributed by atoms with E-state index in [0.717, 1.165) is 19.2 Å². The molecule has 0 radical (unpaired) electrons. The fraction of sp³-hybridized carbons (Fsp3) is 0.292. The van der Waals surface area contributed by atoms with Gasteiger partial charge in [-0.25, -0.2) is 14.2 Å². The lowest BCUT2D eigenvalue weighted by molar-refractivity contribution is -0.189. The zero-order valence-corrected chi connectivity index (χ0v) is 18.7. The summed E-state index contributed by atoms with van der Waals surface area (Å²) in [5.74, 6) is -8.12. The summed E-state index contributed by atoms with van der Waals surface area (Å²) in [7, 11) is 1.09. The van der Waals surface area contributed by atoms with Crippen LogP contribution in [-0.4, -0.2) is 49.2 Å². The molecule has 2 atom stereocenters. The number of ether oxygens (including phenoxy) is 3. The van der Waals surface area contributed by atoms with Crippen molar-refractivity contribution in [1.82, 2.24) is 10.3 Å². The molecule has 7 nitrogen and oxygen atoms in total. The summed E-state index contributed by atoms with van der Waals surface area (Å²) in [6, 6.07) is 9.45. The second-order valence-corrected chi connectivity index (χ2v) is 7.93. The van der Waals surface area contributed by atoms with Gasteiger partial charge in [0.15, 0.2) is 23.1 Å². The Morgan fingerprint density at radius 1 is 1.11 bits per heavy atom. The molecule has 0 saturated carbocycles. The van der Waals surface area contributed by atoms with E-state index in [0.29, 0.717) is 17.4 Å². The fourth-order valence-electron chi connectivity index (χ4n) is 3.92. The van der Waals surface area contributed by atoms with E-state index in [1.165, 1.54) is 6.07 Å². The predicted molar refractivity (Wildman–Crippen MR) is 116 cm³/mol. The molecule has 2 heterocycles. The van der Waals surface area contributed by atoms with Gasteiger partial charge in [0.05, 0.1) is 24.1 Å². The van der Waals surface area contributed by atoms with Gasteiger partial charge in [-0.05, 0) is 37.2 Å². The third kappa shape index (κ3) is 5.08. The van der Waals surface area contributed by atoms with E-state index in [4.69, 9.17) is 9.47 Å². The van der Waals surface area contributed by atoms with Gasteiger partial charge < -0.3 is 19.5 Å². The zero-order valence-electron chi connectivity index (χ0n) is 18.7. The highest BCUT2D eigenvalue weighted by molar-refractivity contribution is 6.01. The molecule has 4 rings (SSSR count). The molecular weight excluding hydrogens is 491 g/mol. The van der Waals surface area contributed by atoms with Gasteiger partial charge in [-0.1, -0.05) is 18.2 Å². The van der Waals surface area contributed by atoms with Crippen molar-refractivity contribution >= 4 is 22.7 Å². The molecule has 1 aromatic heterocycles. The number of hydrogen-bond acceptors (Lipinski definition) is 7. The zero-order chi connectivity index (χ0) is 26.0. The largest absolute Gasteiger partial charge is 0.493 e. The van der Waals surface area contributed by atoms with Crippen LogP contribution in [0.4, 0.5) is 22.0 Å².